The van der Waals surface area contributed by atoms with Crippen LogP contribution in [0.5, 0.6) is 5.75 Å². The van der Waals surface area contributed by atoms with E-state index in [0.717, 1.165) is 11.1 Å². The number of benzene rings is 1. The first-order chi connectivity index (χ1) is 10.1. The van der Waals surface area contributed by atoms with Crippen molar-refractivity contribution in [3.63, 3.8) is 0 Å². The third-order valence-electron chi connectivity index (χ3n) is 3.00. The van der Waals surface area contributed by atoms with Crippen LogP contribution in [0.15, 0.2) is 36.7 Å². The number of aryl methyl sites for hydroxylation is 2. The van der Waals surface area contributed by atoms with Crippen molar-refractivity contribution in [1.82, 2.24) is 15.1 Å². The van der Waals surface area contributed by atoms with E-state index in [1.165, 1.54) is 0 Å². The van der Waals surface area contributed by atoms with Crippen LogP contribution in [0, 0.1) is 6.92 Å². The van der Waals surface area contributed by atoms with Gasteiger partial charge < -0.3 is 15.2 Å². The number of nitrogens with zero attached hydrogens (tertiary/aromatic N) is 2. The summed E-state index contributed by atoms with van der Waals surface area (Å²) in [5.41, 5.74) is 1.82. The SMILES string of the molecule is Cc1cccc(OCC(=O)N[C@H](CO)c2cnn(C)c2)c1. The second-order valence-corrected chi connectivity index (χ2v) is 4.86. The van der Waals surface area contributed by atoms with E-state index in [4.69, 9.17) is 4.74 Å². The van der Waals surface area contributed by atoms with Gasteiger partial charge in [-0.15, -0.1) is 0 Å². The van der Waals surface area contributed by atoms with Gasteiger partial charge in [0.1, 0.15) is 5.75 Å². The fourth-order valence-electron chi connectivity index (χ4n) is 1.94. The molecule has 0 aliphatic rings. The molecule has 112 valence electrons. The maximum absolute atomic E-state index is 11.9. The van der Waals surface area contributed by atoms with Gasteiger partial charge in [0.25, 0.3) is 5.91 Å². The van der Waals surface area contributed by atoms with Crippen molar-refractivity contribution in [3.8, 4) is 5.75 Å². The van der Waals surface area contributed by atoms with Crippen molar-refractivity contribution in [1.29, 1.82) is 0 Å². The average molecular weight is 289 g/mol. The molecule has 1 aromatic heterocycles. The Morgan fingerprint density at radius 1 is 1.52 bits per heavy atom. The molecule has 6 heteroatoms. The third-order valence-corrected chi connectivity index (χ3v) is 3.00. The standard InChI is InChI=1S/C15H19N3O3/c1-11-4-3-5-13(6-11)21-10-15(20)17-14(9-19)12-7-16-18(2)8-12/h3-8,14,19H,9-10H2,1-2H3,(H,17,20)/t14-/m1/s1. The van der Waals surface area contributed by atoms with E-state index >= 15 is 0 Å². The third kappa shape index (κ3) is 4.32. The Kier molecular flexibility index (Phi) is 4.94. The normalized spacial score (nSPS) is 12.0. The summed E-state index contributed by atoms with van der Waals surface area (Å²) >= 11 is 0. The molecule has 0 aliphatic carbocycles. The van der Waals surface area contributed by atoms with Crippen LogP contribution in [-0.2, 0) is 11.8 Å². The van der Waals surface area contributed by atoms with Gasteiger partial charge in [0.05, 0.1) is 18.8 Å². The van der Waals surface area contributed by atoms with E-state index in [1.54, 1.807) is 30.2 Å². The number of hydrogen-bond acceptors (Lipinski definition) is 4. The van der Waals surface area contributed by atoms with Crippen molar-refractivity contribution < 1.29 is 14.6 Å². The summed E-state index contributed by atoms with van der Waals surface area (Å²) in [6, 6.07) is 7.00. The maximum Gasteiger partial charge on any atom is 0.258 e. The minimum Gasteiger partial charge on any atom is -0.484 e. The Hall–Kier alpha value is -2.34. The summed E-state index contributed by atoms with van der Waals surface area (Å²) < 4.78 is 7.04. The van der Waals surface area contributed by atoms with Crippen LogP contribution in [0.2, 0.25) is 0 Å². The van der Waals surface area contributed by atoms with Gasteiger partial charge in [-0.05, 0) is 24.6 Å². The lowest BCUT2D eigenvalue weighted by Crippen LogP contribution is -2.34. The molecule has 6 nitrogen and oxygen atoms in total. The molecule has 2 rings (SSSR count). The smallest absolute Gasteiger partial charge is 0.258 e. The highest BCUT2D eigenvalue weighted by atomic mass is 16.5. The van der Waals surface area contributed by atoms with E-state index in [2.05, 4.69) is 10.4 Å². The second kappa shape index (κ2) is 6.90. The quantitative estimate of drug-likeness (QED) is 0.830. The van der Waals surface area contributed by atoms with Crippen LogP contribution >= 0.6 is 0 Å². The molecule has 0 fully saturated rings. The molecule has 2 aromatic rings. The zero-order chi connectivity index (χ0) is 15.2. The van der Waals surface area contributed by atoms with Crippen molar-refractivity contribution in [2.24, 2.45) is 7.05 Å². The van der Waals surface area contributed by atoms with Crippen LogP contribution < -0.4 is 10.1 Å². The van der Waals surface area contributed by atoms with Crippen molar-refractivity contribution >= 4 is 5.91 Å². The predicted molar refractivity (Wildman–Crippen MR) is 77.9 cm³/mol. The first-order valence-electron chi connectivity index (χ1n) is 6.66. The highest BCUT2D eigenvalue weighted by Gasteiger charge is 2.15. The van der Waals surface area contributed by atoms with Gasteiger partial charge >= 0.3 is 0 Å². The van der Waals surface area contributed by atoms with Gasteiger partial charge in [0.15, 0.2) is 6.61 Å². The van der Waals surface area contributed by atoms with Crippen molar-refractivity contribution in [2.45, 2.75) is 13.0 Å². The molecule has 1 heterocycles. The largest absolute Gasteiger partial charge is 0.484 e. The Labute approximate surface area is 123 Å². The predicted octanol–water partition coefficient (Wildman–Crippen LogP) is 0.957. The van der Waals surface area contributed by atoms with E-state index in [0.29, 0.717) is 5.75 Å². The molecule has 21 heavy (non-hydrogen) atoms. The van der Waals surface area contributed by atoms with Gasteiger partial charge in [-0.2, -0.15) is 5.10 Å². The van der Waals surface area contributed by atoms with E-state index in [9.17, 15) is 9.90 Å². The number of hydrogen-bond donors (Lipinski definition) is 2. The Bertz CT molecular complexity index is 610. The topological polar surface area (TPSA) is 76.4 Å². The Morgan fingerprint density at radius 3 is 2.95 bits per heavy atom. The molecule has 0 spiro atoms. The summed E-state index contributed by atoms with van der Waals surface area (Å²) in [6.07, 6.45) is 3.37. The second-order valence-electron chi connectivity index (χ2n) is 4.86. The first kappa shape index (κ1) is 15.1. The molecule has 2 N–H and O–H groups in total. The summed E-state index contributed by atoms with van der Waals surface area (Å²) in [6.45, 7) is 1.67. The van der Waals surface area contributed by atoms with E-state index in [-0.39, 0.29) is 19.1 Å². The Morgan fingerprint density at radius 2 is 2.33 bits per heavy atom. The number of aromatic nitrogens is 2. The zero-order valence-corrected chi connectivity index (χ0v) is 12.1. The van der Waals surface area contributed by atoms with E-state index < -0.39 is 6.04 Å². The molecular weight excluding hydrogens is 270 g/mol. The summed E-state index contributed by atoms with van der Waals surface area (Å²) in [5.74, 6) is 0.353. The van der Waals surface area contributed by atoms with Crippen LogP contribution in [0.3, 0.4) is 0 Å². The molecule has 1 aromatic carbocycles. The monoisotopic (exact) mass is 289 g/mol. The average Bonchev–Trinajstić information content (AvgIpc) is 2.89. The number of nitrogens with one attached hydrogen (secondary N) is 1. The van der Waals surface area contributed by atoms with Crippen molar-refractivity contribution in [3.05, 3.63) is 47.8 Å². The van der Waals surface area contributed by atoms with Crippen molar-refractivity contribution in [2.75, 3.05) is 13.2 Å². The van der Waals surface area contributed by atoms with Gasteiger partial charge in [-0.25, -0.2) is 0 Å². The molecule has 0 radical (unpaired) electrons. The summed E-state index contributed by atoms with van der Waals surface area (Å²) in [7, 11) is 1.78. The molecular formula is C15H19N3O3. The Balaban J connectivity index is 1.88. The van der Waals surface area contributed by atoms with Gasteiger partial charge in [0.2, 0.25) is 0 Å². The van der Waals surface area contributed by atoms with E-state index in [1.807, 2.05) is 25.1 Å². The highest BCUT2D eigenvalue weighted by Crippen LogP contribution is 2.13. The van der Waals surface area contributed by atoms with Crippen LogP contribution in [-0.4, -0.2) is 34.0 Å². The zero-order valence-electron chi connectivity index (χ0n) is 12.1. The number of carbonyl (C=O) groups is 1. The summed E-state index contributed by atoms with van der Waals surface area (Å²) in [5, 5.41) is 16.1. The lowest BCUT2D eigenvalue weighted by atomic mass is 10.2. The van der Waals surface area contributed by atoms with Gasteiger partial charge in [0, 0.05) is 18.8 Å². The molecule has 0 bridgehead atoms. The van der Waals surface area contributed by atoms with Gasteiger partial charge in [-0.1, -0.05) is 12.1 Å². The number of aliphatic hydroxyl groups is 1. The fourth-order valence-corrected chi connectivity index (χ4v) is 1.94. The fraction of sp³-hybridized carbons (Fsp3) is 0.333. The molecule has 0 unspecified atom stereocenters. The number of aliphatic hydroxyl groups excluding tert-OH is 1. The number of ether oxygens (including phenoxy) is 1. The number of carbonyl (C=O) groups excluding carboxylic acids is 1. The minimum atomic E-state index is -0.479. The number of rotatable bonds is 6. The molecule has 0 saturated carbocycles. The van der Waals surface area contributed by atoms with Crippen LogP contribution in [0.4, 0.5) is 0 Å². The van der Waals surface area contributed by atoms with Crippen LogP contribution in [0.25, 0.3) is 0 Å². The first-order valence-corrected chi connectivity index (χ1v) is 6.66. The molecule has 1 atom stereocenters. The van der Waals surface area contributed by atoms with Gasteiger partial charge in [-0.3, -0.25) is 9.48 Å². The molecule has 0 aliphatic heterocycles. The maximum atomic E-state index is 11.9. The lowest BCUT2D eigenvalue weighted by molar-refractivity contribution is -0.124. The number of amides is 1. The lowest BCUT2D eigenvalue weighted by Gasteiger charge is -2.15. The molecule has 0 saturated heterocycles. The summed E-state index contributed by atoms with van der Waals surface area (Å²) in [4.78, 5) is 11.9. The minimum absolute atomic E-state index is 0.0970. The molecule has 1 amide bonds. The van der Waals surface area contributed by atoms with Crippen LogP contribution in [0.1, 0.15) is 17.2 Å². The highest BCUT2D eigenvalue weighted by molar-refractivity contribution is 5.78.